The van der Waals surface area contributed by atoms with Crippen molar-refractivity contribution in [3.63, 3.8) is 0 Å². The summed E-state index contributed by atoms with van der Waals surface area (Å²) in [6.07, 6.45) is 0. The van der Waals surface area contributed by atoms with Gasteiger partial charge in [-0.25, -0.2) is 18.6 Å². The molecule has 1 heterocycles. The molecular weight excluding hydrogens is 268 g/mol. The Hall–Kier alpha value is -2.24. The molecule has 0 saturated carbocycles. The van der Waals surface area contributed by atoms with Gasteiger partial charge in [0, 0.05) is 5.41 Å². The lowest BCUT2D eigenvalue weighted by atomic mass is 9.91. The van der Waals surface area contributed by atoms with Crippen LogP contribution in [0, 0.1) is 11.6 Å². The summed E-state index contributed by atoms with van der Waals surface area (Å²) in [5.41, 5.74) is -0.620. The van der Waals surface area contributed by atoms with Gasteiger partial charge in [-0.15, -0.1) is 0 Å². The molecule has 1 aromatic heterocycles. The molecule has 0 amide bonds. The standard InChI is InChI=1S/C14H13F2NO3/c1-14(2,3)11-10(13(18)19)20-12(17-11)8-6-7(15)4-5-9(8)16/h4-6H,1-3H3,(H,18,19). The Kier molecular flexibility index (Phi) is 3.33. The minimum absolute atomic E-state index is 0.184. The number of nitrogens with zero attached hydrogens (tertiary/aromatic N) is 1. The van der Waals surface area contributed by atoms with Crippen LogP contribution < -0.4 is 0 Å². The van der Waals surface area contributed by atoms with E-state index in [9.17, 15) is 13.6 Å². The maximum atomic E-state index is 13.7. The molecule has 1 N–H and O–H groups in total. The van der Waals surface area contributed by atoms with E-state index in [1.54, 1.807) is 20.8 Å². The zero-order valence-electron chi connectivity index (χ0n) is 11.2. The molecule has 0 atom stereocenters. The number of benzene rings is 1. The Morgan fingerprint density at radius 3 is 2.45 bits per heavy atom. The first-order valence-electron chi connectivity index (χ1n) is 5.90. The van der Waals surface area contributed by atoms with Crippen molar-refractivity contribution in [1.29, 1.82) is 0 Å². The highest BCUT2D eigenvalue weighted by atomic mass is 19.1. The largest absolute Gasteiger partial charge is 0.475 e. The maximum absolute atomic E-state index is 13.7. The highest BCUT2D eigenvalue weighted by Crippen LogP contribution is 2.31. The molecule has 0 fully saturated rings. The molecule has 0 aliphatic carbocycles. The third-order valence-corrected chi connectivity index (χ3v) is 2.69. The van der Waals surface area contributed by atoms with Gasteiger partial charge in [0.15, 0.2) is 0 Å². The van der Waals surface area contributed by atoms with Gasteiger partial charge in [-0.05, 0) is 18.2 Å². The minimum Gasteiger partial charge on any atom is -0.475 e. The lowest BCUT2D eigenvalue weighted by molar-refractivity contribution is 0.0659. The van der Waals surface area contributed by atoms with Crippen LogP contribution in [-0.2, 0) is 5.41 Å². The van der Waals surface area contributed by atoms with Crippen LogP contribution in [0.1, 0.15) is 37.0 Å². The second kappa shape index (κ2) is 4.70. The number of carboxylic acid groups (broad SMARTS) is 1. The predicted molar refractivity (Wildman–Crippen MR) is 67.5 cm³/mol. The zero-order valence-corrected chi connectivity index (χ0v) is 11.2. The number of halogens is 2. The second-order valence-electron chi connectivity index (χ2n) is 5.38. The van der Waals surface area contributed by atoms with Crippen LogP contribution in [0.4, 0.5) is 8.78 Å². The van der Waals surface area contributed by atoms with E-state index in [4.69, 9.17) is 9.52 Å². The molecule has 0 aliphatic heterocycles. The lowest BCUT2D eigenvalue weighted by Crippen LogP contribution is -2.16. The smallest absolute Gasteiger partial charge is 0.373 e. The van der Waals surface area contributed by atoms with Gasteiger partial charge in [0.2, 0.25) is 11.7 Å². The summed E-state index contributed by atoms with van der Waals surface area (Å²) in [6, 6.07) is 2.82. The minimum atomic E-state index is -1.30. The van der Waals surface area contributed by atoms with Gasteiger partial charge in [-0.2, -0.15) is 0 Å². The van der Waals surface area contributed by atoms with E-state index in [1.165, 1.54) is 0 Å². The van der Waals surface area contributed by atoms with Crippen LogP contribution in [-0.4, -0.2) is 16.1 Å². The van der Waals surface area contributed by atoms with E-state index in [1.807, 2.05) is 0 Å². The number of aromatic carboxylic acids is 1. The highest BCUT2D eigenvalue weighted by Gasteiger charge is 2.29. The molecule has 0 bridgehead atoms. The first kappa shape index (κ1) is 14.2. The van der Waals surface area contributed by atoms with Crippen LogP contribution >= 0.6 is 0 Å². The molecule has 106 valence electrons. The first-order valence-corrected chi connectivity index (χ1v) is 5.90. The van der Waals surface area contributed by atoms with Gasteiger partial charge in [0.05, 0.1) is 5.56 Å². The van der Waals surface area contributed by atoms with Crippen molar-refractivity contribution in [1.82, 2.24) is 4.98 Å². The summed E-state index contributed by atoms with van der Waals surface area (Å²) in [5.74, 6) is -3.30. The van der Waals surface area contributed by atoms with E-state index in [0.717, 1.165) is 18.2 Å². The number of oxazole rings is 1. The summed E-state index contributed by atoms with van der Waals surface area (Å²) in [5, 5.41) is 9.11. The number of carboxylic acids is 1. The van der Waals surface area contributed by atoms with E-state index < -0.39 is 23.0 Å². The molecule has 2 rings (SSSR count). The first-order chi connectivity index (χ1) is 9.20. The number of hydrogen-bond acceptors (Lipinski definition) is 3. The SMILES string of the molecule is CC(C)(C)c1nc(-c2cc(F)ccc2F)oc1C(=O)O. The quantitative estimate of drug-likeness (QED) is 0.913. The molecule has 0 radical (unpaired) electrons. The van der Waals surface area contributed by atoms with Crippen LogP contribution in [0.3, 0.4) is 0 Å². The van der Waals surface area contributed by atoms with Crippen molar-refractivity contribution in [3.05, 3.63) is 41.3 Å². The molecule has 0 spiro atoms. The van der Waals surface area contributed by atoms with Gasteiger partial charge in [0.1, 0.15) is 17.3 Å². The third-order valence-electron chi connectivity index (χ3n) is 2.69. The molecule has 0 saturated heterocycles. The van der Waals surface area contributed by atoms with Crippen molar-refractivity contribution in [2.75, 3.05) is 0 Å². The van der Waals surface area contributed by atoms with Crippen LogP contribution in [0.2, 0.25) is 0 Å². The molecular formula is C14H13F2NO3. The Bertz CT molecular complexity index is 672. The van der Waals surface area contributed by atoms with Crippen LogP contribution in [0.15, 0.2) is 22.6 Å². The average molecular weight is 281 g/mol. The second-order valence-corrected chi connectivity index (χ2v) is 5.38. The fourth-order valence-corrected chi connectivity index (χ4v) is 1.75. The van der Waals surface area contributed by atoms with E-state index in [-0.39, 0.29) is 22.9 Å². The number of rotatable bonds is 2. The van der Waals surface area contributed by atoms with Gasteiger partial charge in [-0.1, -0.05) is 20.8 Å². The van der Waals surface area contributed by atoms with E-state index >= 15 is 0 Å². The molecule has 1 aromatic carbocycles. The van der Waals surface area contributed by atoms with Crippen molar-refractivity contribution >= 4 is 5.97 Å². The van der Waals surface area contributed by atoms with E-state index in [0.29, 0.717) is 0 Å². The Labute approximate surface area is 114 Å². The zero-order chi connectivity index (χ0) is 15.1. The van der Waals surface area contributed by atoms with Crippen molar-refractivity contribution < 1.29 is 23.1 Å². The highest BCUT2D eigenvalue weighted by molar-refractivity contribution is 5.86. The number of aromatic nitrogens is 1. The van der Waals surface area contributed by atoms with Crippen LogP contribution in [0.25, 0.3) is 11.5 Å². The van der Waals surface area contributed by atoms with E-state index in [2.05, 4.69) is 4.98 Å². The van der Waals surface area contributed by atoms with Crippen LogP contribution in [0.5, 0.6) is 0 Å². The Morgan fingerprint density at radius 1 is 1.30 bits per heavy atom. The van der Waals surface area contributed by atoms with Gasteiger partial charge < -0.3 is 9.52 Å². The van der Waals surface area contributed by atoms with Gasteiger partial charge in [0.25, 0.3) is 0 Å². The summed E-state index contributed by atoms with van der Waals surface area (Å²) >= 11 is 0. The monoisotopic (exact) mass is 281 g/mol. The number of hydrogen-bond donors (Lipinski definition) is 1. The molecule has 0 unspecified atom stereocenters. The lowest BCUT2D eigenvalue weighted by Gasteiger charge is -2.14. The molecule has 2 aromatic rings. The molecule has 0 aliphatic rings. The molecule has 4 nitrogen and oxygen atoms in total. The average Bonchev–Trinajstić information content (AvgIpc) is 2.77. The number of carbonyl (C=O) groups is 1. The Balaban J connectivity index is 2.65. The summed E-state index contributed by atoms with van der Waals surface area (Å²) < 4.78 is 32.0. The third kappa shape index (κ3) is 2.54. The summed E-state index contributed by atoms with van der Waals surface area (Å²) in [7, 11) is 0. The van der Waals surface area contributed by atoms with Crippen molar-refractivity contribution in [2.45, 2.75) is 26.2 Å². The normalized spacial score (nSPS) is 11.7. The summed E-state index contributed by atoms with van der Waals surface area (Å²) in [6.45, 7) is 5.26. The van der Waals surface area contributed by atoms with Crippen molar-refractivity contribution in [2.24, 2.45) is 0 Å². The molecule has 6 heteroatoms. The van der Waals surface area contributed by atoms with Crippen molar-refractivity contribution in [3.8, 4) is 11.5 Å². The maximum Gasteiger partial charge on any atom is 0.373 e. The summed E-state index contributed by atoms with van der Waals surface area (Å²) in [4.78, 5) is 15.2. The Morgan fingerprint density at radius 2 is 1.95 bits per heavy atom. The molecule has 20 heavy (non-hydrogen) atoms. The predicted octanol–water partition coefficient (Wildman–Crippen LogP) is 3.62. The van der Waals surface area contributed by atoms with Gasteiger partial charge in [-0.3, -0.25) is 0 Å². The topological polar surface area (TPSA) is 63.3 Å². The fourth-order valence-electron chi connectivity index (χ4n) is 1.75. The van der Waals surface area contributed by atoms with Gasteiger partial charge >= 0.3 is 5.97 Å². The fraction of sp³-hybridized carbons (Fsp3) is 0.286.